The normalized spacial score (nSPS) is 35.9. The summed E-state index contributed by atoms with van der Waals surface area (Å²) in [7, 11) is 0. The molecule has 5 aliphatic rings. The number of nitrogens with zero attached hydrogens (tertiary/aromatic N) is 6. The highest BCUT2D eigenvalue weighted by Crippen LogP contribution is 2.57. The van der Waals surface area contributed by atoms with E-state index in [1.54, 1.807) is 16.8 Å². The third-order valence-electron chi connectivity index (χ3n) is 7.68. The molecule has 0 aromatic carbocycles. The zero-order chi connectivity index (χ0) is 18.0. The molecule has 2 aromatic rings. The van der Waals surface area contributed by atoms with E-state index in [1.807, 2.05) is 11.0 Å². The second kappa shape index (κ2) is 5.74. The molecule has 0 atom stereocenters. The van der Waals surface area contributed by atoms with Gasteiger partial charge in [-0.15, -0.1) is 5.10 Å². The molecule has 142 valence electrons. The Morgan fingerprint density at radius 2 is 1.63 bits per heavy atom. The van der Waals surface area contributed by atoms with Gasteiger partial charge >= 0.3 is 0 Å². The Morgan fingerprint density at radius 3 is 2.30 bits per heavy atom. The fourth-order valence-corrected chi connectivity index (χ4v) is 6.89. The van der Waals surface area contributed by atoms with Gasteiger partial charge in [0.15, 0.2) is 5.65 Å². The first-order valence-electron chi connectivity index (χ1n) is 10.4. The number of pyridine rings is 1. The van der Waals surface area contributed by atoms with Gasteiger partial charge in [-0.2, -0.15) is 4.52 Å². The summed E-state index contributed by atoms with van der Waals surface area (Å²) in [4.78, 5) is 17.7. The van der Waals surface area contributed by atoms with E-state index in [0.29, 0.717) is 16.7 Å². The van der Waals surface area contributed by atoms with Gasteiger partial charge in [0, 0.05) is 37.9 Å². The number of fused-ring (bicyclic) bond motifs is 1. The molecule has 1 saturated heterocycles. The van der Waals surface area contributed by atoms with Gasteiger partial charge in [0.2, 0.25) is 0 Å². The van der Waals surface area contributed by atoms with Crippen molar-refractivity contribution >= 4 is 11.6 Å². The molecule has 0 radical (unpaired) electrons. The van der Waals surface area contributed by atoms with Gasteiger partial charge in [-0.25, -0.2) is 0 Å². The van der Waals surface area contributed by atoms with Crippen molar-refractivity contribution in [3.8, 4) is 0 Å². The Balaban J connectivity index is 1.16. The van der Waals surface area contributed by atoms with Crippen LogP contribution in [0.4, 0.5) is 0 Å². The maximum absolute atomic E-state index is 12.9. The summed E-state index contributed by atoms with van der Waals surface area (Å²) >= 11 is 0. The quantitative estimate of drug-likeness (QED) is 0.811. The molecule has 5 fully saturated rings. The average molecular weight is 366 g/mol. The minimum Gasteiger partial charge on any atom is -0.336 e. The van der Waals surface area contributed by atoms with Crippen LogP contribution >= 0.6 is 0 Å². The van der Waals surface area contributed by atoms with Crippen molar-refractivity contribution in [2.24, 2.45) is 17.8 Å². The molecule has 3 heterocycles. The minimum absolute atomic E-state index is 0.0950. The summed E-state index contributed by atoms with van der Waals surface area (Å²) < 4.78 is 1.57. The zero-order valence-corrected chi connectivity index (χ0v) is 15.6. The number of hydrogen-bond acceptors (Lipinski definition) is 5. The molecule has 27 heavy (non-hydrogen) atoms. The van der Waals surface area contributed by atoms with Crippen molar-refractivity contribution in [3.63, 3.8) is 0 Å². The van der Waals surface area contributed by atoms with Crippen molar-refractivity contribution < 1.29 is 4.79 Å². The third-order valence-corrected chi connectivity index (χ3v) is 7.68. The number of hydrogen-bond donors (Lipinski definition) is 0. The minimum atomic E-state index is 0.0950. The zero-order valence-electron chi connectivity index (χ0n) is 15.6. The fraction of sp³-hybridized carbons (Fsp3) is 0.700. The lowest BCUT2D eigenvalue weighted by Crippen LogP contribution is -2.64. The largest absolute Gasteiger partial charge is 0.336 e. The molecule has 7 nitrogen and oxygen atoms in total. The van der Waals surface area contributed by atoms with E-state index in [1.165, 1.54) is 38.5 Å². The molecule has 0 unspecified atom stereocenters. The van der Waals surface area contributed by atoms with E-state index >= 15 is 0 Å². The van der Waals surface area contributed by atoms with Gasteiger partial charge in [-0.1, -0.05) is 0 Å². The molecule has 2 aromatic heterocycles. The molecule has 4 bridgehead atoms. The van der Waals surface area contributed by atoms with Gasteiger partial charge in [0.25, 0.3) is 5.91 Å². The number of tetrazole rings is 1. The van der Waals surface area contributed by atoms with E-state index in [0.717, 1.165) is 43.9 Å². The van der Waals surface area contributed by atoms with E-state index in [2.05, 4.69) is 20.4 Å². The molecule has 7 heteroatoms. The molecular weight excluding hydrogens is 340 g/mol. The van der Waals surface area contributed by atoms with Crippen LogP contribution in [0.3, 0.4) is 0 Å². The second-order valence-electron chi connectivity index (χ2n) is 9.32. The van der Waals surface area contributed by atoms with Crippen molar-refractivity contribution in [2.45, 2.75) is 44.1 Å². The summed E-state index contributed by atoms with van der Waals surface area (Å²) in [5.41, 5.74) is 1.78. The Kier molecular flexibility index (Phi) is 3.40. The van der Waals surface area contributed by atoms with Gasteiger partial charge in [-0.05, 0) is 78.8 Å². The molecule has 0 spiro atoms. The Bertz CT molecular complexity index is 848. The summed E-state index contributed by atoms with van der Waals surface area (Å²) in [6.45, 7) is 3.69. The molecular formula is C20H26N6O. The predicted molar refractivity (Wildman–Crippen MR) is 99.2 cm³/mol. The van der Waals surface area contributed by atoms with Gasteiger partial charge in [0.05, 0.1) is 5.56 Å². The van der Waals surface area contributed by atoms with Crippen LogP contribution in [0.2, 0.25) is 0 Å². The van der Waals surface area contributed by atoms with Crippen LogP contribution < -0.4 is 0 Å². The molecule has 7 rings (SSSR count). The second-order valence-corrected chi connectivity index (χ2v) is 9.32. The monoisotopic (exact) mass is 366 g/mol. The van der Waals surface area contributed by atoms with Gasteiger partial charge < -0.3 is 4.90 Å². The maximum Gasteiger partial charge on any atom is 0.255 e. The van der Waals surface area contributed by atoms with Crippen molar-refractivity contribution in [1.82, 2.24) is 29.8 Å². The number of carbonyl (C=O) groups excluding carboxylic acids is 1. The third kappa shape index (κ3) is 2.51. The van der Waals surface area contributed by atoms with E-state index in [4.69, 9.17) is 0 Å². The summed E-state index contributed by atoms with van der Waals surface area (Å²) in [5, 5.41) is 11.4. The average Bonchev–Trinajstić information content (AvgIpc) is 3.14. The molecule has 1 aliphatic heterocycles. The fourth-order valence-electron chi connectivity index (χ4n) is 6.89. The van der Waals surface area contributed by atoms with Crippen LogP contribution in [0, 0.1) is 17.8 Å². The SMILES string of the molecule is O=C(c1ccc2nnnn2c1)N1CCN(C23CC4CC(CC(C4)C2)C3)CC1. The topological polar surface area (TPSA) is 66.6 Å². The number of aromatic nitrogens is 4. The first-order valence-corrected chi connectivity index (χ1v) is 10.4. The van der Waals surface area contributed by atoms with Crippen LogP contribution in [0.15, 0.2) is 18.3 Å². The summed E-state index contributed by atoms with van der Waals surface area (Å²) in [6, 6.07) is 3.64. The number of amides is 1. The lowest BCUT2D eigenvalue weighted by atomic mass is 9.52. The van der Waals surface area contributed by atoms with E-state index in [-0.39, 0.29) is 5.91 Å². The standard InChI is InChI=1S/C20H26N6O/c27-19(17-1-2-18-21-22-23-26(18)13-17)24-3-5-25(6-4-24)20-10-14-7-15(11-20)9-16(8-14)12-20/h1-2,13-16H,3-12H2. The van der Waals surface area contributed by atoms with Crippen LogP contribution in [0.5, 0.6) is 0 Å². The van der Waals surface area contributed by atoms with Crippen LogP contribution in [-0.2, 0) is 0 Å². The first kappa shape index (κ1) is 16.0. The number of rotatable bonds is 2. The van der Waals surface area contributed by atoms with Crippen molar-refractivity contribution in [3.05, 3.63) is 23.9 Å². The van der Waals surface area contributed by atoms with Crippen LogP contribution in [0.1, 0.15) is 48.9 Å². The highest BCUT2D eigenvalue weighted by Gasteiger charge is 2.53. The van der Waals surface area contributed by atoms with Gasteiger partial charge in [-0.3, -0.25) is 9.69 Å². The maximum atomic E-state index is 12.9. The lowest BCUT2D eigenvalue weighted by molar-refractivity contribution is -0.0987. The smallest absolute Gasteiger partial charge is 0.255 e. The van der Waals surface area contributed by atoms with Crippen LogP contribution in [-0.4, -0.2) is 67.5 Å². The van der Waals surface area contributed by atoms with E-state index in [9.17, 15) is 4.79 Å². The molecule has 4 saturated carbocycles. The first-order chi connectivity index (χ1) is 13.2. The highest BCUT2D eigenvalue weighted by atomic mass is 16.2. The number of carbonyl (C=O) groups is 1. The molecule has 0 N–H and O–H groups in total. The summed E-state index contributed by atoms with van der Waals surface area (Å²) in [6.07, 6.45) is 10.4. The van der Waals surface area contributed by atoms with E-state index < -0.39 is 0 Å². The van der Waals surface area contributed by atoms with Crippen LogP contribution in [0.25, 0.3) is 5.65 Å². The van der Waals surface area contributed by atoms with Crippen molar-refractivity contribution in [2.75, 3.05) is 26.2 Å². The number of piperazine rings is 1. The summed E-state index contributed by atoms with van der Waals surface area (Å²) in [5.74, 6) is 3.01. The highest BCUT2D eigenvalue weighted by molar-refractivity contribution is 5.94. The van der Waals surface area contributed by atoms with Crippen molar-refractivity contribution in [1.29, 1.82) is 0 Å². The lowest BCUT2D eigenvalue weighted by Gasteiger charge is -2.61. The predicted octanol–water partition coefficient (Wildman–Crippen LogP) is 1.85. The molecule has 4 aliphatic carbocycles. The van der Waals surface area contributed by atoms with Gasteiger partial charge in [0.1, 0.15) is 0 Å². The molecule has 1 amide bonds. The Labute approximate surface area is 158 Å². The Morgan fingerprint density at radius 1 is 0.963 bits per heavy atom. The Hall–Kier alpha value is -2.02.